The smallest absolute Gasteiger partial charge is 0.407 e. The summed E-state index contributed by atoms with van der Waals surface area (Å²) >= 11 is 0. The van der Waals surface area contributed by atoms with Crippen molar-refractivity contribution in [1.82, 2.24) is 31.0 Å². The quantitative estimate of drug-likeness (QED) is 0.0492. The van der Waals surface area contributed by atoms with E-state index < -0.39 is 76.3 Å². The molecule has 3 aliphatic rings. The number of rotatable bonds is 24. The molecule has 0 radical (unpaired) electrons. The molecule has 3 heterocycles. The van der Waals surface area contributed by atoms with E-state index in [-0.39, 0.29) is 67.6 Å². The highest BCUT2D eigenvalue weighted by Gasteiger charge is 2.48. The van der Waals surface area contributed by atoms with Gasteiger partial charge in [-0.25, -0.2) is 9.59 Å². The van der Waals surface area contributed by atoms with Crippen molar-refractivity contribution < 1.29 is 48.7 Å². The van der Waals surface area contributed by atoms with E-state index in [0.717, 1.165) is 11.1 Å². The lowest BCUT2D eigenvalue weighted by molar-refractivity contribution is -0.256. The van der Waals surface area contributed by atoms with Gasteiger partial charge in [0.05, 0.1) is 24.0 Å². The maximum atomic E-state index is 14.9. The zero-order chi connectivity index (χ0) is 56.2. The summed E-state index contributed by atoms with van der Waals surface area (Å²) < 4.78 is 11.4. The van der Waals surface area contributed by atoms with E-state index in [9.17, 15) is 39.2 Å². The molecule has 4 amide bonds. The van der Waals surface area contributed by atoms with Crippen LogP contribution in [0.3, 0.4) is 0 Å². The fraction of sp³-hybridized carbons (Fsp3) is 0.667. The average molecular weight is 1060 g/mol. The maximum absolute atomic E-state index is 14.9. The Bertz CT molecular complexity index is 2250. The number of carbonyl (C=O) groups is 6. The van der Waals surface area contributed by atoms with Crippen molar-refractivity contribution in [2.45, 2.75) is 213 Å². The summed E-state index contributed by atoms with van der Waals surface area (Å²) in [4.78, 5) is 86.0. The summed E-state index contributed by atoms with van der Waals surface area (Å²) in [6, 6.07) is 16.9. The summed E-state index contributed by atoms with van der Waals surface area (Å²) in [5.41, 5.74) is -0.579. The minimum Gasteiger partial charge on any atom is -0.446 e. The van der Waals surface area contributed by atoms with Crippen molar-refractivity contribution in [3.8, 4) is 0 Å². The van der Waals surface area contributed by atoms with E-state index >= 15 is 0 Å². The van der Waals surface area contributed by atoms with Crippen molar-refractivity contribution in [1.29, 1.82) is 0 Å². The van der Waals surface area contributed by atoms with Gasteiger partial charge < -0.3 is 40.7 Å². The van der Waals surface area contributed by atoms with Crippen LogP contribution in [0.25, 0.3) is 0 Å². The number of hydroxylamine groups is 4. The standard InChI is InChI=1S/C60H92N6O10/c1-40(2)31-46(62-56(72)76-47-37-59(9,10)66(74)60(11,12)38-47)28-27-45(32-42-21-15-13-16-22-42)54(70)64-30-20-26-50(64)52(68)34-48(41(3)4)53(69)63-49(25-19-29-61-55(71)75-39-43-23-17-14-18-24-43)51(67)33-44-35-57(5,6)65(73)58(7,8)36-44/h13-18,21-24,27-28,40-41,44-50,73-74H,19-20,25-26,29-39H2,1-12H3,(H,61,71)(H,62,72)(H,63,69)/b28-27+/t45-,46-,48+,49+,50+/m1/s1. The Balaban J connectivity index is 1.29. The van der Waals surface area contributed by atoms with Crippen LogP contribution in [0.5, 0.6) is 0 Å². The molecule has 0 spiro atoms. The Morgan fingerprint density at radius 3 is 1.87 bits per heavy atom. The van der Waals surface area contributed by atoms with Crippen LogP contribution in [0.15, 0.2) is 72.8 Å². The van der Waals surface area contributed by atoms with Gasteiger partial charge in [0.1, 0.15) is 12.7 Å². The van der Waals surface area contributed by atoms with Crippen LogP contribution in [0.1, 0.15) is 165 Å². The molecule has 0 unspecified atom stereocenters. The van der Waals surface area contributed by atoms with Gasteiger partial charge in [-0.2, -0.15) is 10.1 Å². The summed E-state index contributed by atoms with van der Waals surface area (Å²) in [5, 5.41) is 33.3. The van der Waals surface area contributed by atoms with Gasteiger partial charge in [-0.1, -0.05) is 101 Å². The Kier molecular flexibility index (Phi) is 21.9. The minimum atomic E-state index is -0.894. The van der Waals surface area contributed by atoms with Gasteiger partial charge in [0.25, 0.3) is 0 Å². The third kappa shape index (κ3) is 17.7. The highest BCUT2D eigenvalue weighted by molar-refractivity contribution is 5.95. The third-order valence-electron chi connectivity index (χ3n) is 15.6. The average Bonchev–Trinajstić information content (AvgIpc) is 3.83. The van der Waals surface area contributed by atoms with Gasteiger partial charge in [-0.15, -0.1) is 0 Å². The predicted molar refractivity (Wildman–Crippen MR) is 293 cm³/mol. The van der Waals surface area contributed by atoms with Crippen LogP contribution in [-0.2, 0) is 41.7 Å². The van der Waals surface area contributed by atoms with E-state index in [1.807, 2.05) is 142 Å². The molecule has 0 saturated carbocycles. The number of likely N-dealkylation sites (tertiary alicyclic amines) is 1. The molecule has 3 saturated heterocycles. The molecular weight excluding hydrogens is 965 g/mol. The summed E-state index contributed by atoms with van der Waals surface area (Å²) in [5.74, 6) is -2.62. The fourth-order valence-electron chi connectivity index (χ4n) is 12.1. The predicted octanol–water partition coefficient (Wildman–Crippen LogP) is 9.98. The monoisotopic (exact) mass is 1060 g/mol. The molecule has 76 heavy (non-hydrogen) atoms. The molecule has 0 aromatic heterocycles. The molecule has 5 atom stereocenters. The number of benzene rings is 2. The van der Waals surface area contributed by atoms with Gasteiger partial charge >= 0.3 is 12.2 Å². The van der Waals surface area contributed by atoms with Gasteiger partial charge in [-0.3, -0.25) is 19.2 Å². The highest BCUT2D eigenvalue weighted by atomic mass is 16.6. The minimum absolute atomic E-state index is 0.0590. The number of ether oxygens (including phenoxy) is 2. The van der Waals surface area contributed by atoms with Crippen LogP contribution >= 0.6 is 0 Å². The fourth-order valence-corrected chi connectivity index (χ4v) is 12.1. The lowest BCUT2D eigenvalue weighted by atomic mass is 9.73. The first kappa shape index (κ1) is 61.7. The van der Waals surface area contributed by atoms with E-state index in [4.69, 9.17) is 9.47 Å². The Morgan fingerprint density at radius 1 is 0.737 bits per heavy atom. The number of piperidine rings is 2. The van der Waals surface area contributed by atoms with E-state index in [1.165, 1.54) is 10.1 Å². The maximum Gasteiger partial charge on any atom is 0.407 e. The molecular formula is C60H92N6O10. The van der Waals surface area contributed by atoms with Crippen molar-refractivity contribution in [3.05, 3.63) is 83.9 Å². The van der Waals surface area contributed by atoms with Crippen LogP contribution in [0.4, 0.5) is 9.59 Å². The topological polar surface area (TPSA) is 207 Å². The van der Waals surface area contributed by atoms with Crippen LogP contribution in [0.2, 0.25) is 0 Å². The molecule has 422 valence electrons. The molecule has 3 fully saturated rings. The van der Waals surface area contributed by atoms with Gasteiger partial charge in [0.2, 0.25) is 11.8 Å². The van der Waals surface area contributed by atoms with Crippen molar-refractivity contribution in [2.24, 2.45) is 29.6 Å². The first-order chi connectivity index (χ1) is 35.6. The molecule has 2 aromatic rings. The first-order valence-corrected chi connectivity index (χ1v) is 27.9. The highest BCUT2D eigenvalue weighted by Crippen LogP contribution is 2.42. The molecule has 16 heteroatoms. The van der Waals surface area contributed by atoms with Crippen molar-refractivity contribution >= 4 is 35.6 Å². The molecule has 16 nitrogen and oxygen atoms in total. The number of hydrogen-bond acceptors (Lipinski definition) is 12. The number of alkyl carbamates (subject to hydrolysis) is 2. The van der Waals surface area contributed by atoms with Crippen molar-refractivity contribution in [2.75, 3.05) is 13.1 Å². The summed E-state index contributed by atoms with van der Waals surface area (Å²) in [7, 11) is 0. The van der Waals surface area contributed by atoms with Crippen LogP contribution in [-0.4, -0.2) is 120 Å². The van der Waals surface area contributed by atoms with Crippen molar-refractivity contribution in [3.63, 3.8) is 0 Å². The largest absolute Gasteiger partial charge is 0.446 e. The lowest BCUT2D eigenvalue weighted by Crippen LogP contribution is -2.61. The number of nitrogens with one attached hydrogen (secondary N) is 3. The van der Waals surface area contributed by atoms with E-state index in [1.54, 1.807) is 4.90 Å². The molecule has 2 aromatic carbocycles. The number of carbonyl (C=O) groups excluding carboxylic acids is 6. The third-order valence-corrected chi connectivity index (χ3v) is 15.6. The van der Waals surface area contributed by atoms with Gasteiger partial charge in [0, 0.05) is 66.8 Å². The summed E-state index contributed by atoms with van der Waals surface area (Å²) in [6.07, 6.45) is 6.86. The zero-order valence-corrected chi connectivity index (χ0v) is 47.7. The Morgan fingerprint density at radius 2 is 1.30 bits per heavy atom. The zero-order valence-electron chi connectivity index (χ0n) is 47.7. The second-order valence-electron chi connectivity index (χ2n) is 25.2. The Labute approximate surface area is 453 Å². The summed E-state index contributed by atoms with van der Waals surface area (Å²) in [6.45, 7) is 24.0. The van der Waals surface area contributed by atoms with Gasteiger partial charge in [-0.05, 0) is 136 Å². The number of nitrogens with zero attached hydrogens (tertiary/aromatic N) is 3. The molecule has 0 aliphatic carbocycles. The SMILES string of the molecule is CC(C)C[C@@H](/C=C/[C@H](Cc1ccccc1)C(=O)N1CCC[C@H]1C(=O)C[C@H](C(=O)N[C@@H](CCCNC(=O)OCc1ccccc1)C(=O)CC1CC(C)(C)N(O)C(C)(C)C1)C(C)C)NC(=O)OC1CC(C)(C)N(O)C(C)(C)C1. The van der Waals surface area contributed by atoms with E-state index in [2.05, 4.69) is 29.8 Å². The van der Waals surface area contributed by atoms with Crippen LogP contribution < -0.4 is 16.0 Å². The first-order valence-electron chi connectivity index (χ1n) is 27.9. The molecule has 5 rings (SSSR count). The lowest BCUT2D eigenvalue weighted by Gasteiger charge is -2.51. The second-order valence-corrected chi connectivity index (χ2v) is 25.2. The van der Waals surface area contributed by atoms with Gasteiger partial charge in [0.15, 0.2) is 11.6 Å². The Hall–Kier alpha value is -5.16. The normalized spacial score (nSPS) is 21.4. The number of ketones is 2. The second kappa shape index (κ2) is 26.9. The number of amides is 4. The molecule has 3 aliphatic heterocycles. The number of hydrogen-bond donors (Lipinski definition) is 5. The molecule has 0 bridgehead atoms. The van der Waals surface area contributed by atoms with E-state index in [0.29, 0.717) is 64.3 Å². The number of Topliss-reactive ketones (excluding diaryl/α,β-unsaturated/α-hetero) is 2. The van der Waals surface area contributed by atoms with Crippen LogP contribution in [0, 0.1) is 29.6 Å². The molecule has 5 N–H and O–H groups in total.